The zero-order valence-electron chi connectivity index (χ0n) is 12.2. The number of nitrogens with zero attached hydrogens (tertiary/aromatic N) is 1. The van der Waals surface area contributed by atoms with Crippen LogP contribution in [-0.2, 0) is 6.54 Å². The van der Waals surface area contributed by atoms with Crippen LogP contribution in [0.5, 0.6) is 0 Å². The quantitative estimate of drug-likeness (QED) is 0.828. The van der Waals surface area contributed by atoms with Gasteiger partial charge in [-0.3, -0.25) is 0 Å². The molecule has 0 saturated heterocycles. The summed E-state index contributed by atoms with van der Waals surface area (Å²) >= 11 is 0. The summed E-state index contributed by atoms with van der Waals surface area (Å²) in [5.41, 5.74) is 4.18. The molecule has 1 saturated carbocycles. The highest BCUT2D eigenvalue weighted by atomic mass is 15.2. The van der Waals surface area contributed by atoms with Gasteiger partial charge in [0.1, 0.15) is 0 Å². The Morgan fingerprint density at radius 1 is 1.33 bits per heavy atom. The summed E-state index contributed by atoms with van der Waals surface area (Å²) in [5, 5.41) is 3.50. The van der Waals surface area contributed by atoms with E-state index in [1.807, 2.05) is 0 Å². The van der Waals surface area contributed by atoms with Gasteiger partial charge in [0.05, 0.1) is 0 Å². The van der Waals surface area contributed by atoms with Crippen molar-refractivity contribution >= 4 is 5.69 Å². The van der Waals surface area contributed by atoms with Gasteiger partial charge in [0, 0.05) is 25.3 Å². The van der Waals surface area contributed by atoms with Crippen LogP contribution in [0.3, 0.4) is 0 Å². The fourth-order valence-electron chi connectivity index (χ4n) is 2.39. The van der Waals surface area contributed by atoms with Crippen LogP contribution in [0.4, 0.5) is 5.69 Å². The van der Waals surface area contributed by atoms with Crippen molar-refractivity contribution in [2.24, 2.45) is 5.92 Å². The zero-order valence-corrected chi connectivity index (χ0v) is 12.2. The van der Waals surface area contributed by atoms with E-state index in [2.05, 4.69) is 56.2 Å². The lowest BCUT2D eigenvalue weighted by Gasteiger charge is -2.21. The molecule has 1 aliphatic rings. The molecule has 0 unspecified atom stereocenters. The molecular weight excluding hydrogens is 220 g/mol. The Kier molecular flexibility index (Phi) is 4.28. The average molecular weight is 246 g/mol. The van der Waals surface area contributed by atoms with Gasteiger partial charge < -0.3 is 10.2 Å². The average Bonchev–Trinajstić information content (AvgIpc) is 3.11. The van der Waals surface area contributed by atoms with Crippen LogP contribution in [-0.4, -0.2) is 19.6 Å². The maximum Gasteiger partial charge on any atom is 0.0396 e. The van der Waals surface area contributed by atoms with Gasteiger partial charge in [-0.25, -0.2) is 0 Å². The maximum atomic E-state index is 3.50. The Morgan fingerprint density at radius 3 is 2.61 bits per heavy atom. The van der Waals surface area contributed by atoms with Crippen LogP contribution in [0.25, 0.3) is 0 Å². The lowest BCUT2D eigenvalue weighted by molar-refractivity contribution is 0.552. The number of nitrogens with one attached hydrogen (secondary N) is 1. The van der Waals surface area contributed by atoms with Crippen molar-refractivity contribution < 1.29 is 0 Å². The number of rotatable bonds is 6. The molecule has 2 nitrogen and oxygen atoms in total. The zero-order chi connectivity index (χ0) is 13.1. The van der Waals surface area contributed by atoms with Gasteiger partial charge >= 0.3 is 0 Å². The number of hydrogen-bond donors (Lipinski definition) is 1. The predicted octanol–water partition coefficient (Wildman–Crippen LogP) is 3.34. The third-order valence-corrected chi connectivity index (χ3v) is 3.62. The minimum atomic E-state index is 0.714. The second-order valence-corrected chi connectivity index (χ2v) is 5.99. The topological polar surface area (TPSA) is 15.3 Å². The molecule has 1 aromatic carbocycles. The molecule has 0 bridgehead atoms. The minimum Gasteiger partial charge on any atom is -0.371 e. The smallest absolute Gasteiger partial charge is 0.0396 e. The molecule has 100 valence electrons. The molecule has 2 heteroatoms. The van der Waals surface area contributed by atoms with Gasteiger partial charge in [-0.2, -0.15) is 0 Å². The largest absolute Gasteiger partial charge is 0.371 e. The van der Waals surface area contributed by atoms with Crippen LogP contribution >= 0.6 is 0 Å². The van der Waals surface area contributed by atoms with E-state index in [1.54, 1.807) is 0 Å². The molecule has 1 fully saturated rings. The van der Waals surface area contributed by atoms with Gasteiger partial charge in [-0.1, -0.05) is 26.0 Å². The first-order valence-corrected chi connectivity index (χ1v) is 7.11. The normalized spacial score (nSPS) is 15.2. The molecule has 0 radical (unpaired) electrons. The maximum absolute atomic E-state index is 3.50. The predicted molar refractivity (Wildman–Crippen MR) is 79.1 cm³/mol. The van der Waals surface area contributed by atoms with Crippen molar-refractivity contribution in [1.82, 2.24) is 5.32 Å². The van der Waals surface area contributed by atoms with Crippen LogP contribution in [0, 0.1) is 12.8 Å². The van der Waals surface area contributed by atoms with Gasteiger partial charge in [0.25, 0.3) is 0 Å². The standard InChI is InChI=1S/C16H26N2/c1-12(2)10-17-11-14-5-8-16(13(3)9-14)18(4)15-6-7-15/h5,8-9,12,15,17H,6-7,10-11H2,1-4H3. The van der Waals surface area contributed by atoms with E-state index >= 15 is 0 Å². The van der Waals surface area contributed by atoms with Crippen molar-refractivity contribution in [3.05, 3.63) is 29.3 Å². The SMILES string of the molecule is Cc1cc(CNCC(C)C)ccc1N(C)C1CC1. The summed E-state index contributed by atoms with van der Waals surface area (Å²) in [7, 11) is 2.22. The second kappa shape index (κ2) is 5.75. The Hall–Kier alpha value is -1.02. The Bertz CT molecular complexity index is 394. The summed E-state index contributed by atoms with van der Waals surface area (Å²) in [6.07, 6.45) is 2.71. The molecule has 2 rings (SSSR count). The van der Waals surface area contributed by atoms with Gasteiger partial charge in [0.2, 0.25) is 0 Å². The summed E-state index contributed by atoms with van der Waals surface area (Å²) in [5.74, 6) is 0.714. The van der Waals surface area contributed by atoms with Crippen molar-refractivity contribution in [3.8, 4) is 0 Å². The molecule has 0 amide bonds. The highest BCUT2D eigenvalue weighted by molar-refractivity contribution is 5.55. The molecule has 0 atom stereocenters. The monoisotopic (exact) mass is 246 g/mol. The number of aryl methyl sites for hydroxylation is 1. The first-order chi connectivity index (χ1) is 8.58. The van der Waals surface area contributed by atoms with Crippen molar-refractivity contribution in [1.29, 1.82) is 0 Å². The molecule has 18 heavy (non-hydrogen) atoms. The van der Waals surface area contributed by atoms with Gasteiger partial charge in [-0.15, -0.1) is 0 Å². The van der Waals surface area contributed by atoms with E-state index in [1.165, 1.54) is 29.7 Å². The van der Waals surface area contributed by atoms with Crippen LogP contribution in [0.1, 0.15) is 37.8 Å². The lowest BCUT2D eigenvalue weighted by atomic mass is 10.1. The summed E-state index contributed by atoms with van der Waals surface area (Å²) in [4.78, 5) is 2.43. The van der Waals surface area contributed by atoms with E-state index in [4.69, 9.17) is 0 Å². The Morgan fingerprint density at radius 2 is 2.06 bits per heavy atom. The number of anilines is 1. The van der Waals surface area contributed by atoms with Gasteiger partial charge in [0.15, 0.2) is 0 Å². The van der Waals surface area contributed by atoms with Crippen LogP contribution < -0.4 is 10.2 Å². The molecule has 0 aromatic heterocycles. The van der Waals surface area contributed by atoms with E-state index in [0.29, 0.717) is 5.92 Å². The minimum absolute atomic E-state index is 0.714. The molecule has 0 heterocycles. The second-order valence-electron chi connectivity index (χ2n) is 5.99. The third-order valence-electron chi connectivity index (χ3n) is 3.62. The van der Waals surface area contributed by atoms with E-state index in [0.717, 1.165) is 19.1 Å². The van der Waals surface area contributed by atoms with Crippen molar-refractivity contribution in [3.63, 3.8) is 0 Å². The van der Waals surface area contributed by atoms with Crippen molar-refractivity contribution in [2.45, 2.75) is 46.2 Å². The highest BCUT2D eigenvalue weighted by Gasteiger charge is 2.26. The highest BCUT2D eigenvalue weighted by Crippen LogP contribution is 2.32. The lowest BCUT2D eigenvalue weighted by Crippen LogP contribution is -2.21. The summed E-state index contributed by atoms with van der Waals surface area (Å²) in [6, 6.07) is 7.64. The summed E-state index contributed by atoms with van der Waals surface area (Å²) in [6.45, 7) is 8.77. The number of benzene rings is 1. The van der Waals surface area contributed by atoms with E-state index < -0.39 is 0 Å². The van der Waals surface area contributed by atoms with Crippen LogP contribution in [0.2, 0.25) is 0 Å². The fourth-order valence-corrected chi connectivity index (χ4v) is 2.39. The third kappa shape index (κ3) is 3.49. The van der Waals surface area contributed by atoms with E-state index in [-0.39, 0.29) is 0 Å². The van der Waals surface area contributed by atoms with Crippen molar-refractivity contribution in [2.75, 3.05) is 18.5 Å². The molecular formula is C16H26N2. The van der Waals surface area contributed by atoms with E-state index in [9.17, 15) is 0 Å². The Balaban J connectivity index is 1.96. The molecule has 0 aliphatic heterocycles. The summed E-state index contributed by atoms with van der Waals surface area (Å²) < 4.78 is 0. The first kappa shape index (κ1) is 13.4. The molecule has 1 aromatic rings. The molecule has 1 aliphatic carbocycles. The molecule has 1 N–H and O–H groups in total. The molecule has 0 spiro atoms. The Labute approximate surface area is 111 Å². The van der Waals surface area contributed by atoms with Gasteiger partial charge in [-0.05, 0) is 49.4 Å². The van der Waals surface area contributed by atoms with Crippen LogP contribution in [0.15, 0.2) is 18.2 Å². The number of hydrogen-bond acceptors (Lipinski definition) is 2. The fraction of sp³-hybridized carbons (Fsp3) is 0.625. The first-order valence-electron chi connectivity index (χ1n) is 7.11.